The van der Waals surface area contributed by atoms with Crippen LogP contribution in [-0.2, 0) is 33.4 Å². The Bertz CT molecular complexity index is 1370. The van der Waals surface area contributed by atoms with Crippen molar-refractivity contribution in [2.75, 3.05) is 0 Å². The van der Waals surface area contributed by atoms with Crippen molar-refractivity contribution < 1.29 is 43.7 Å². The van der Waals surface area contributed by atoms with Crippen molar-refractivity contribution >= 4 is 29.3 Å². The molecule has 0 amide bonds. The molecule has 0 unspecified atom stereocenters. The van der Waals surface area contributed by atoms with Gasteiger partial charge in [-0.3, -0.25) is 24.0 Å². The van der Waals surface area contributed by atoms with E-state index in [-0.39, 0.29) is 29.7 Å². The average molecular weight is 599 g/mol. The molecule has 9 nitrogen and oxygen atoms in total. The second kappa shape index (κ2) is 10.1. The van der Waals surface area contributed by atoms with Crippen molar-refractivity contribution in [2.45, 2.75) is 106 Å². The molecule has 2 fully saturated rings. The first-order chi connectivity index (χ1) is 19.4. The summed E-state index contributed by atoms with van der Waals surface area (Å²) in [5.74, 6) is -4.09. The van der Waals surface area contributed by atoms with Gasteiger partial charge in [0.25, 0.3) is 0 Å². The van der Waals surface area contributed by atoms with E-state index in [0.717, 1.165) is 11.6 Å². The molecule has 4 aliphatic carbocycles. The van der Waals surface area contributed by atoms with E-state index in [0.29, 0.717) is 12.8 Å². The number of carbonyl (C=O) groups excluding carboxylic acids is 5. The lowest BCUT2D eigenvalue weighted by Crippen LogP contribution is -2.64. The monoisotopic (exact) mass is 598 g/mol. The van der Waals surface area contributed by atoms with Gasteiger partial charge in [0.05, 0.1) is 11.0 Å². The van der Waals surface area contributed by atoms with E-state index in [4.69, 9.17) is 9.47 Å². The molecular weight excluding hydrogens is 552 g/mol. The second-order valence-corrected chi connectivity index (χ2v) is 15.1. The lowest BCUT2D eigenvalue weighted by atomic mass is 9.39. The molecule has 0 aromatic carbocycles. The Morgan fingerprint density at radius 1 is 0.977 bits per heavy atom. The number of allylic oxidation sites excluding steroid dienone is 4. The Balaban J connectivity index is 1.89. The minimum absolute atomic E-state index is 0.00748. The molecule has 2 saturated carbocycles. The van der Waals surface area contributed by atoms with Gasteiger partial charge in [0, 0.05) is 37.5 Å². The van der Waals surface area contributed by atoms with Gasteiger partial charge in [-0.25, -0.2) is 0 Å². The van der Waals surface area contributed by atoms with E-state index >= 15 is 0 Å². The topological polar surface area (TPSA) is 144 Å². The molecule has 0 spiro atoms. The first-order valence-corrected chi connectivity index (χ1v) is 15.0. The van der Waals surface area contributed by atoms with Crippen LogP contribution in [0, 0.1) is 39.4 Å². The quantitative estimate of drug-likeness (QED) is 0.261. The molecule has 4 rings (SSSR count). The molecule has 236 valence electrons. The van der Waals surface area contributed by atoms with Crippen LogP contribution >= 0.6 is 0 Å². The van der Waals surface area contributed by atoms with E-state index in [9.17, 15) is 34.2 Å². The number of ketones is 3. The van der Waals surface area contributed by atoms with Gasteiger partial charge >= 0.3 is 11.9 Å². The van der Waals surface area contributed by atoms with Crippen LogP contribution in [0.4, 0.5) is 0 Å². The van der Waals surface area contributed by atoms with Gasteiger partial charge in [0.1, 0.15) is 17.5 Å². The van der Waals surface area contributed by atoms with Crippen molar-refractivity contribution in [1.29, 1.82) is 0 Å². The zero-order valence-electron chi connectivity index (χ0n) is 27.0. The van der Waals surface area contributed by atoms with Gasteiger partial charge in [-0.05, 0) is 76.4 Å². The van der Waals surface area contributed by atoms with Crippen LogP contribution in [0.15, 0.2) is 35.6 Å². The summed E-state index contributed by atoms with van der Waals surface area (Å²) < 4.78 is 11.2. The molecule has 0 aromatic rings. The summed E-state index contributed by atoms with van der Waals surface area (Å²) in [6, 6.07) is 0. The van der Waals surface area contributed by atoms with E-state index < -0.39 is 68.5 Å². The number of hydrogen-bond donors (Lipinski definition) is 2. The number of Topliss-reactive ketones (excluding diaryl/α,β-unsaturated/α-hetero) is 2. The van der Waals surface area contributed by atoms with Gasteiger partial charge in [-0.2, -0.15) is 0 Å². The normalized spacial score (nSPS) is 38.2. The van der Waals surface area contributed by atoms with Crippen LogP contribution in [-0.4, -0.2) is 56.8 Å². The summed E-state index contributed by atoms with van der Waals surface area (Å²) in [5.41, 5.74) is -6.19. The number of fused-ring (bicyclic) bond motifs is 5. The third kappa shape index (κ3) is 4.87. The highest BCUT2D eigenvalue weighted by Crippen LogP contribution is 2.74. The fourth-order valence-corrected chi connectivity index (χ4v) is 9.07. The first kappa shape index (κ1) is 33.0. The molecule has 0 heterocycles. The SMILES string of the molecule is CC(=O)OC1=C[C@H]2C(=CC[C@@H]3[C@@]2(C)C(=O)C[C@]2(C)[C@@H]([C@@](C)(O)C(=O)C=CC(C)(C)O)[C@H](OC(C)=O)C[C@@]32C)C(C)(C)C1=O. The number of ether oxygens (including phenoxy) is 2. The standard InChI is InChI=1S/C34H46O9/c1-18(35)42-22-15-21-20(30(5,6)28(22)39)11-12-24-31(7)16-23(43-19(2)36)27(32(31,8)17-26(38)33(21,24)9)34(10,41)25(37)13-14-29(3,4)40/h11,13-15,21,23-24,27,40-41H,12,16-17H2,1-10H3/t21-,23+,24-,27-,31-,32+,33-,34-/m0/s1. The highest BCUT2D eigenvalue weighted by molar-refractivity contribution is 6.03. The fraction of sp³-hybridized carbons (Fsp3) is 0.676. The average Bonchev–Trinajstić information content (AvgIpc) is 3.06. The van der Waals surface area contributed by atoms with E-state index in [1.807, 2.05) is 26.8 Å². The molecule has 43 heavy (non-hydrogen) atoms. The second-order valence-electron chi connectivity index (χ2n) is 15.1. The number of carbonyl (C=O) groups is 5. The minimum atomic E-state index is -2.03. The summed E-state index contributed by atoms with van der Waals surface area (Å²) in [7, 11) is 0. The summed E-state index contributed by atoms with van der Waals surface area (Å²) in [6.07, 6.45) is 5.98. The summed E-state index contributed by atoms with van der Waals surface area (Å²) in [4.78, 5) is 65.7. The Morgan fingerprint density at radius 3 is 2.12 bits per heavy atom. The zero-order chi connectivity index (χ0) is 32.7. The molecule has 0 bridgehead atoms. The Kier molecular flexibility index (Phi) is 7.72. The molecule has 0 saturated heterocycles. The minimum Gasteiger partial charge on any atom is -0.462 e. The summed E-state index contributed by atoms with van der Waals surface area (Å²) in [5, 5.41) is 22.1. The van der Waals surface area contributed by atoms with Gasteiger partial charge in [-0.15, -0.1) is 0 Å². The maximum atomic E-state index is 14.6. The van der Waals surface area contributed by atoms with Crippen molar-refractivity contribution in [1.82, 2.24) is 0 Å². The predicted octanol–water partition coefficient (Wildman–Crippen LogP) is 4.20. The van der Waals surface area contributed by atoms with Crippen LogP contribution in [0.5, 0.6) is 0 Å². The summed E-state index contributed by atoms with van der Waals surface area (Å²) in [6.45, 7) is 16.3. The molecule has 9 heteroatoms. The predicted molar refractivity (Wildman–Crippen MR) is 157 cm³/mol. The molecule has 0 aromatic heterocycles. The van der Waals surface area contributed by atoms with Crippen LogP contribution in [0.2, 0.25) is 0 Å². The Hall–Kier alpha value is -2.91. The molecule has 8 atom stereocenters. The first-order valence-electron chi connectivity index (χ1n) is 15.0. The van der Waals surface area contributed by atoms with Gasteiger partial charge in [-0.1, -0.05) is 38.5 Å². The molecule has 4 aliphatic rings. The maximum Gasteiger partial charge on any atom is 0.308 e. The van der Waals surface area contributed by atoms with E-state index in [1.54, 1.807) is 19.9 Å². The lowest BCUT2D eigenvalue weighted by Gasteiger charge is -2.63. The van der Waals surface area contributed by atoms with Crippen molar-refractivity contribution in [3.8, 4) is 0 Å². The van der Waals surface area contributed by atoms with Crippen molar-refractivity contribution in [3.05, 3.63) is 35.6 Å². The molecule has 2 N–H and O–H groups in total. The van der Waals surface area contributed by atoms with Crippen LogP contribution in [0.1, 0.15) is 88.5 Å². The van der Waals surface area contributed by atoms with Crippen LogP contribution in [0.25, 0.3) is 0 Å². The number of rotatable bonds is 6. The van der Waals surface area contributed by atoms with Crippen LogP contribution < -0.4 is 0 Å². The van der Waals surface area contributed by atoms with Crippen LogP contribution in [0.3, 0.4) is 0 Å². The molecule has 0 aliphatic heterocycles. The van der Waals surface area contributed by atoms with Gasteiger partial charge in [0.2, 0.25) is 5.78 Å². The number of hydrogen-bond acceptors (Lipinski definition) is 9. The van der Waals surface area contributed by atoms with Gasteiger partial charge < -0.3 is 19.7 Å². The summed E-state index contributed by atoms with van der Waals surface area (Å²) >= 11 is 0. The largest absolute Gasteiger partial charge is 0.462 e. The number of aliphatic hydroxyl groups is 2. The molecule has 0 radical (unpaired) electrons. The highest BCUT2D eigenvalue weighted by Gasteiger charge is 2.75. The highest BCUT2D eigenvalue weighted by atomic mass is 16.5. The third-order valence-corrected chi connectivity index (χ3v) is 11.3. The Morgan fingerprint density at radius 2 is 1.58 bits per heavy atom. The lowest BCUT2D eigenvalue weighted by molar-refractivity contribution is -0.181. The number of esters is 2. The fourth-order valence-electron chi connectivity index (χ4n) is 9.07. The van der Waals surface area contributed by atoms with Crippen molar-refractivity contribution in [3.63, 3.8) is 0 Å². The van der Waals surface area contributed by atoms with Crippen molar-refractivity contribution in [2.24, 2.45) is 39.4 Å². The van der Waals surface area contributed by atoms with E-state index in [1.165, 1.54) is 40.7 Å². The Labute approximate surface area is 253 Å². The van der Waals surface area contributed by atoms with E-state index in [2.05, 4.69) is 0 Å². The third-order valence-electron chi connectivity index (χ3n) is 11.3. The maximum absolute atomic E-state index is 14.6. The molecular formula is C34H46O9. The smallest absolute Gasteiger partial charge is 0.308 e. The van der Waals surface area contributed by atoms with Gasteiger partial charge in [0.15, 0.2) is 11.5 Å². The zero-order valence-corrected chi connectivity index (χ0v) is 27.0.